The Kier molecular flexibility index (Phi) is 6.00. The number of amides is 2. The number of nitrogens with zero attached hydrogens (tertiary/aromatic N) is 1. The van der Waals surface area contributed by atoms with Gasteiger partial charge in [-0.15, -0.1) is 0 Å². The Bertz CT molecular complexity index is 1490. The van der Waals surface area contributed by atoms with Gasteiger partial charge in [-0.3, -0.25) is 14.4 Å². The van der Waals surface area contributed by atoms with E-state index in [1.165, 1.54) is 18.2 Å². The Hall–Kier alpha value is -4.84. The number of hydrogen-bond acceptors (Lipinski definition) is 5. The van der Waals surface area contributed by atoms with E-state index in [4.69, 9.17) is 4.74 Å². The van der Waals surface area contributed by atoms with E-state index in [0.717, 1.165) is 10.5 Å². The molecule has 176 valence electrons. The second kappa shape index (κ2) is 9.43. The molecule has 1 heterocycles. The maximum Gasteiger partial charge on any atom is 0.339 e. The Balaban J connectivity index is 1.45. The van der Waals surface area contributed by atoms with E-state index in [1.807, 2.05) is 13.0 Å². The van der Waals surface area contributed by atoms with E-state index < -0.39 is 23.9 Å². The average Bonchev–Trinajstić information content (AvgIpc) is 3.16. The van der Waals surface area contributed by atoms with Crippen LogP contribution in [0.15, 0.2) is 103 Å². The van der Waals surface area contributed by atoms with Gasteiger partial charge in [0.05, 0.1) is 22.4 Å². The number of imide groups is 1. The van der Waals surface area contributed by atoms with Crippen molar-refractivity contribution in [1.82, 2.24) is 0 Å². The minimum Gasteiger partial charge on any atom is -0.445 e. The number of fused-ring (bicyclic) bond motifs is 1. The van der Waals surface area contributed by atoms with Crippen LogP contribution in [0.3, 0.4) is 0 Å². The van der Waals surface area contributed by atoms with E-state index >= 15 is 0 Å². The summed E-state index contributed by atoms with van der Waals surface area (Å²) in [4.78, 5) is 53.6. The monoisotopic (exact) mass is 475 g/mol. The minimum absolute atomic E-state index is 0.0720. The van der Waals surface area contributed by atoms with E-state index in [-0.39, 0.29) is 22.5 Å². The molecule has 5 rings (SSSR count). The fraction of sp³-hybridized carbons (Fsp3) is 0.0667. The van der Waals surface area contributed by atoms with Gasteiger partial charge in [0, 0.05) is 11.1 Å². The van der Waals surface area contributed by atoms with Crippen LogP contribution < -0.4 is 4.90 Å². The Morgan fingerprint density at radius 3 is 2.06 bits per heavy atom. The molecule has 0 fully saturated rings. The first-order valence-corrected chi connectivity index (χ1v) is 11.4. The first-order valence-electron chi connectivity index (χ1n) is 11.4. The smallest absolute Gasteiger partial charge is 0.339 e. The van der Waals surface area contributed by atoms with Crippen LogP contribution in [0.4, 0.5) is 5.69 Å². The average molecular weight is 476 g/mol. The highest BCUT2D eigenvalue weighted by molar-refractivity contribution is 6.34. The zero-order valence-corrected chi connectivity index (χ0v) is 19.4. The maximum absolute atomic E-state index is 13.2. The second-order valence-corrected chi connectivity index (χ2v) is 8.47. The SMILES string of the molecule is Cc1cccc(N2C(=O)c3ccc(C(=O)O[C@@H](C(=O)c4ccccc4)c4ccccc4)cc3C2=O)c1. The largest absolute Gasteiger partial charge is 0.445 e. The fourth-order valence-electron chi connectivity index (χ4n) is 4.20. The summed E-state index contributed by atoms with van der Waals surface area (Å²) in [7, 11) is 0. The van der Waals surface area contributed by atoms with Crippen LogP contribution in [-0.4, -0.2) is 23.6 Å². The van der Waals surface area contributed by atoms with Crippen molar-refractivity contribution in [1.29, 1.82) is 0 Å². The normalized spacial score (nSPS) is 13.3. The molecule has 4 aromatic rings. The standard InChI is InChI=1S/C30H21NO5/c1-19-9-8-14-23(17-19)31-28(33)24-16-15-22(18-25(24)29(31)34)30(35)36-27(21-12-6-3-7-13-21)26(32)20-10-4-2-5-11-20/h2-18,27H,1H3/t27-/m1/s1. The lowest BCUT2D eigenvalue weighted by Crippen LogP contribution is -2.29. The molecule has 4 aromatic carbocycles. The number of Topliss-reactive ketones (excluding diaryl/α,β-unsaturated/α-hetero) is 1. The summed E-state index contributed by atoms with van der Waals surface area (Å²) < 4.78 is 5.69. The van der Waals surface area contributed by atoms with Gasteiger partial charge in [0.25, 0.3) is 11.8 Å². The quantitative estimate of drug-likeness (QED) is 0.207. The lowest BCUT2D eigenvalue weighted by Gasteiger charge is -2.17. The summed E-state index contributed by atoms with van der Waals surface area (Å²) in [6.07, 6.45) is -1.17. The molecule has 1 aliphatic rings. The summed E-state index contributed by atoms with van der Waals surface area (Å²) in [6.45, 7) is 1.87. The van der Waals surface area contributed by atoms with Crippen molar-refractivity contribution in [3.05, 3.63) is 137 Å². The number of anilines is 1. The third-order valence-electron chi connectivity index (χ3n) is 6.01. The van der Waals surface area contributed by atoms with Crippen LogP contribution >= 0.6 is 0 Å². The molecule has 36 heavy (non-hydrogen) atoms. The van der Waals surface area contributed by atoms with Gasteiger partial charge in [0.2, 0.25) is 5.78 Å². The van der Waals surface area contributed by atoms with Gasteiger partial charge in [0.1, 0.15) is 0 Å². The Labute approximate surface area is 207 Å². The molecule has 0 N–H and O–H groups in total. The molecule has 0 spiro atoms. The van der Waals surface area contributed by atoms with E-state index in [0.29, 0.717) is 16.8 Å². The molecular formula is C30H21NO5. The van der Waals surface area contributed by atoms with Gasteiger partial charge in [-0.2, -0.15) is 0 Å². The number of aryl methyl sites for hydroxylation is 1. The van der Waals surface area contributed by atoms with Gasteiger partial charge in [-0.05, 0) is 42.8 Å². The molecule has 0 saturated heterocycles. The molecule has 0 aliphatic carbocycles. The number of carbonyl (C=O) groups excluding carboxylic acids is 4. The highest BCUT2D eigenvalue weighted by Gasteiger charge is 2.37. The highest BCUT2D eigenvalue weighted by Crippen LogP contribution is 2.30. The lowest BCUT2D eigenvalue weighted by atomic mass is 9.99. The Morgan fingerprint density at radius 1 is 0.694 bits per heavy atom. The number of rotatable bonds is 6. The van der Waals surface area contributed by atoms with Crippen molar-refractivity contribution in [2.24, 2.45) is 0 Å². The highest BCUT2D eigenvalue weighted by atomic mass is 16.5. The van der Waals surface area contributed by atoms with Crippen molar-refractivity contribution in [3.8, 4) is 0 Å². The van der Waals surface area contributed by atoms with Gasteiger partial charge in [0.15, 0.2) is 6.10 Å². The summed E-state index contributed by atoms with van der Waals surface area (Å²) in [5, 5.41) is 0. The number of hydrogen-bond donors (Lipinski definition) is 0. The number of esters is 1. The van der Waals surface area contributed by atoms with Crippen molar-refractivity contribution in [3.63, 3.8) is 0 Å². The minimum atomic E-state index is -1.17. The summed E-state index contributed by atoms with van der Waals surface area (Å²) >= 11 is 0. The summed E-state index contributed by atoms with van der Waals surface area (Å²) in [5.41, 5.74) is 2.69. The van der Waals surface area contributed by atoms with Crippen molar-refractivity contribution >= 4 is 29.3 Å². The molecule has 6 nitrogen and oxygen atoms in total. The van der Waals surface area contributed by atoms with Crippen LogP contribution in [0.5, 0.6) is 0 Å². The van der Waals surface area contributed by atoms with Gasteiger partial charge < -0.3 is 4.74 Å². The van der Waals surface area contributed by atoms with Crippen molar-refractivity contribution in [2.45, 2.75) is 13.0 Å². The van der Waals surface area contributed by atoms with Gasteiger partial charge in [-0.25, -0.2) is 9.69 Å². The number of ether oxygens (including phenoxy) is 1. The molecule has 0 saturated carbocycles. The maximum atomic E-state index is 13.2. The van der Waals surface area contributed by atoms with Crippen LogP contribution in [0.1, 0.15) is 58.7 Å². The molecule has 1 aliphatic heterocycles. The zero-order valence-electron chi connectivity index (χ0n) is 19.4. The topological polar surface area (TPSA) is 80.8 Å². The molecule has 0 unspecified atom stereocenters. The molecule has 2 amide bonds. The molecule has 1 atom stereocenters. The third kappa shape index (κ3) is 4.20. The number of carbonyl (C=O) groups is 4. The first-order chi connectivity index (χ1) is 17.4. The predicted molar refractivity (Wildman–Crippen MR) is 134 cm³/mol. The lowest BCUT2D eigenvalue weighted by molar-refractivity contribution is 0.0280. The second-order valence-electron chi connectivity index (χ2n) is 8.47. The van der Waals surface area contributed by atoms with Crippen LogP contribution in [0, 0.1) is 6.92 Å². The van der Waals surface area contributed by atoms with Gasteiger partial charge in [-0.1, -0.05) is 72.8 Å². The van der Waals surface area contributed by atoms with Crippen molar-refractivity contribution < 1.29 is 23.9 Å². The first kappa shape index (κ1) is 22.9. The predicted octanol–water partition coefficient (Wildman–Crippen LogP) is 5.58. The third-order valence-corrected chi connectivity index (χ3v) is 6.01. The van der Waals surface area contributed by atoms with E-state index in [2.05, 4.69) is 0 Å². The Morgan fingerprint density at radius 2 is 1.36 bits per heavy atom. The molecule has 0 aromatic heterocycles. The molecule has 0 radical (unpaired) electrons. The van der Waals surface area contributed by atoms with Crippen molar-refractivity contribution in [2.75, 3.05) is 4.90 Å². The molecular weight excluding hydrogens is 454 g/mol. The van der Waals surface area contributed by atoms with E-state index in [9.17, 15) is 19.2 Å². The van der Waals surface area contributed by atoms with Gasteiger partial charge >= 0.3 is 5.97 Å². The number of ketones is 1. The molecule has 0 bridgehead atoms. The van der Waals surface area contributed by atoms with Crippen LogP contribution in [0.2, 0.25) is 0 Å². The molecule has 6 heteroatoms. The fourth-order valence-corrected chi connectivity index (χ4v) is 4.20. The summed E-state index contributed by atoms with van der Waals surface area (Å²) in [5.74, 6) is -2.12. The van der Waals surface area contributed by atoms with Crippen LogP contribution in [-0.2, 0) is 4.74 Å². The van der Waals surface area contributed by atoms with E-state index in [1.54, 1.807) is 78.9 Å². The van der Waals surface area contributed by atoms with Crippen LogP contribution in [0.25, 0.3) is 0 Å². The zero-order chi connectivity index (χ0) is 25.2. The number of benzene rings is 4. The summed E-state index contributed by atoms with van der Waals surface area (Å²) in [6, 6.07) is 28.6.